The van der Waals surface area contributed by atoms with Crippen LogP contribution in [0.2, 0.25) is 5.02 Å². The molecule has 0 fully saturated rings. The van der Waals surface area contributed by atoms with Gasteiger partial charge in [0.05, 0.1) is 6.61 Å². The predicted molar refractivity (Wildman–Crippen MR) is 75.5 cm³/mol. The van der Waals surface area contributed by atoms with Gasteiger partial charge in [0, 0.05) is 11.4 Å². The van der Waals surface area contributed by atoms with E-state index < -0.39 is 5.97 Å². The maximum absolute atomic E-state index is 10.7. The van der Waals surface area contributed by atoms with E-state index in [0.29, 0.717) is 18.2 Å². The van der Waals surface area contributed by atoms with Crippen molar-refractivity contribution in [3.8, 4) is 5.75 Å². The second kappa shape index (κ2) is 8.02. The molecule has 0 aliphatic carbocycles. The normalized spacial score (nSPS) is 13.8. The topological polar surface area (TPSA) is 72.5 Å². The zero-order chi connectivity index (χ0) is 14.3. The predicted octanol–water partition coefficient (Wildman–Crippen LogP) is 2.79. The third kappa shape index (κ3) is 6.45. The molecule has 2 atom stereocenters. The lowest BCUT2D eigenvalue weighted by Gasteiger charge is -2.18. The highest BCUT2D eigenvalue weighted by Gasteiger charge is 2.15. The van der Waals surface area contributed by atoms with Crippen LogP contribution in [0.1, 0.15) is 19.8 Å². The van der Waals surface area contributed by atoms with Crippen molar-refractivity contribution in [3.63, 3.8) is 0 Å². The number of hydrogen-bond donors (Lipinski definition) is 2. The van der Waals surface area contributed by atoms with E-state index >= 15 is 0 Å². The fourth-order valence-corrected chi connectivity index (χ4v) is 2.12. The lowest BCUT2D eigenvalue weighted by atomic mass is 9.94. The van der Waals surface area contributed by atoms with Crippen molar-refractivity contribution in [3.05, 3.63) is 29.3 Å². The molecule has 0 aliphatic heterocycles. The van der Waals surface area contributed by atoms with Gasteiger partial charge in [0.25, 0.3) is 0 Å². The van der Waals surface area contributed by atoms with Gasteiger partial charge in [0.2, 0.25) is 0 Å². The molecule has 1 aromatic carbocycles. The van der Waals surface area contributed by atoms with Gasteiger partial charge in [-0.2, -0.15) is 0 Å². The van der Waals surface area contributed by atoms with Crippen molar-refractivity contribution in [2.24, 2.45) is 17.6 Å². The number of halogens is 1. The van der Waals surface area contributed by atoms with Crippen LogP contribution in [-0.4, -0.2) is 24.2 Å². The lowest BCUT2D eigenvalue weighted by molar-refractivity contribution is -0.138. The Kier molecular flexibility index (Phi) is 6.67. The number of carboxylic acids is 1. The van der Waals surface area contributed by atoms with Gasteiger partial charge >= 0.3 is 5.97 Å². The van der Waals surface area contributed by atoms with Gasteiger partial charge < -0.3 is 15.6 Å². The summed E-state index contributed by atoms with van der Waals surface area (Å²) in [5, 5.41) is 9.40. The number of nitrogens with two attached hydrogens (primary N) is 1. The second-order valence-electron chi connectivity index (χ2n) is 4.81. The van der Waals surface area contributed by atoms with Gasteiger partial charge in [-0.25, -0.2) is 0 Å². The Balaban J connectivity index is 2.38. The van der Waals surface area contributed by atoms with E-state index in [1.54, 1.807) is 12.1 Å². The van der Waals surface area contributed by atoms with Crippen LogP contribution in [0.4, 0.5) is 0 Å². The SMILES string of the molecule is CC(COc1cccc(Cl)c1)C[C@H](CN)CC(=O)O. The summed E-state index contributed by atoms with van der Waals surface area (Å²) >= 11 is 5.86. The minimum atomic E-state index is -0.807. The van der Waals surface area contributed by atoms with Gasteiger partial charge in [-0.1, -0.05) is 24.6 Å². The van der Waals surface area contributed by atoms with Crippen LogP contribution in [-0.2, 0) is 4.79 Å². The molecule has 0 radical (unpaired) electrons. The van der Waals surface area contributed by atoms with Gasteiger partial charge in [-0.3, -0.25) is 4.79 Å². The summed E-state index contributed by atoms with van der Waals surface area (Å²) in [6, 6.07) is 7.22. The Morgan fingerprint density at radius 2 is 2.26 bits per heavy atom. The second-order valence-corrected chi connectivity index (χ2v) is 5.25. The van der Waals surface area contributed by atoms with Gasteiger partial charge in [-0.15, -0.1) is 0 Å². The van der Waals surface area contributed by atoms with Crippen LogP contribution < -0.4 is 10.5 Å². The smallest absolute Gasteiger partial charge is 0.303 e. The molecule has 5 heteroatoms. The number of carboxylic acid groups (broad SMARTS) is 1. The molecule has 19 heavy (non-hydrogen) atoms. The van der Waals surface area contributed by atoms with E-state index in [2.05, 4.69) is 0 Å². The zero-order valence-electron chi connectivity index (χ0n) is 11.0. The number of carbonyl (C=O) groups is 1. The molecular formula is C14H20ClNO3. The largest absolute Gasteiger partial charge is 0.493 e. The molecule has 0 bridgehead atoms. The molecule has 0 heterocycles. The van der Waals surface area contributed by atoms with Crippen LogP contribution in [0.5, 0.6) is 5.75 Å². The Hall–Kier alpha value is -1.26. The van der Waals surface area contributed by atoms with E-state index in [1.807, 2.05) is 19.1 Å². The standard InChI is InChI=1S/C14H20ClNO3/c1-10(5-11(8-16)6-14(17)18)9-19-13-4-2-3-12(15)7-13/h2-4,7,10-11H,5-6,8-9,16H2,1H3,(H,17,18)/t10?,11-/m0/s1. The van der Waals surface area contributed by atoms with Gasteiger partial charge in [0.15, 0.2) is 0 Å². The van der Waals surface area contributed by atoms with Crippen molar-refractivity contribution < 1.29 is 14.6 Å². The fraction of sp³-hybridized carbons (Fsp3) is 0.500. The van der Waals surface area contributed by atoms with Gasteiger partial charge in [0.1, 0.15) is 5.75 Å². The fourth-order valence-electron chi connectivity index (χ4n) is 1.94. The average molecular weight is 286 g/mol. The zero-order valence-corrected chi connectivity index (χ0v) is 11.8. The van der Waals surface area contributed by atoms with Crippen molar-refractivity contribution in [2.75, 3.05) is 13.2 Å². The summed E-state index contributed by atoms with van der Waals surface area (Å²) < 4.78 is 5.63. The maximum atomic E-state index is 10.7. The first kappa shape index (κ1) is 15.8. The number of benzene rings is 1. The van der Waals surface area contributed by atoms with Crippen molar-refractivity contribution in [1.82, 2.24) is 0 Å². The minimum absolute atomic E-state index is 0.00420. The molecule has 0 saturated carbocycles. The first-order valence-electron chi connectivity index (χ1n) is 6.31. The molecule has 0 spiro atoms. The summed E-state index contributed by atoms with van der Waals surface area (Å²) in [5.41, 5.74) is 5.57. The Bertz CT molecular complexity index is 411. The average Bonchev–Trinajstić information content (AvgIpc) is 2.35. The lowest BCUT2D eigenvalue weighted by Crippen LogP contribution is -2.22. The van der Waals surface area contributed by atoms with E-state index in [0.717, 1.165) is 12.2 Å². The highest BCUT2D eigenvalue weighted by atomic mass is 35.5. The molecule has 4 nitrogen and oxygen atoms in total. The highest BCUT2D eigenvalue weighted by Crippen LogP contribution is 2.20. The Morgan fingerprint density at radius 3 is 2.84 bits per heavy atom. The third-order valence-electron chi connectivity index (χ3n) is 2.86. The number of aliphatic carboxylic acids is 1. The summed E-state index contributed by atoms with van der Waals surface area (Å²) in [6.45, 7) is 2.93. The molecule has 0 aliphatic rings. The summed E-state index contributed by atoms with van der Waals surface area (Å²) in [6.07, 6.45) is 0.849. The van der Waals surface area contributed by atoms with E-state index in [1.165, 1.54) is 0 Å². The highest BCUT2D eigenvalue weighted by molar-refractivity contribution is 6.30. The number of hydrogen-bond acceptors (Lipinski definition) is 3. The first-order valence-corrected chi connectivity index (χ1v) is 6.69. The molecule has 0 amide bonds. The van der Waals surface area contributed by atoms with Crippen molar-refractivity contribution in [1.29, 1.82) is 0 Å². The molecule has 1 unspecified atom stereocenters. The molecule has 0 aromatic heterocycles. The quantitative estimate of drug-likeness (QED) is 0.770. The molecular weight excluding hydrogens is 266 g/mol. The Labute approximate surface area is 118 Å². The summed E-state index contributed by atoms with van der Waals surface area (Å²) in [4.78, 5) is 10.7. The maximum Gasteiger partial charge on any atom is 0.303 e. The number of rotatable bonds is 8. The van der Waals surface area contributed by atoms with Crippen molar-refractivity contribution >= 4 is 17.6 Å². The Morgan fingerprint density at radius 1 is 1.53 bits per heavy atom. The van der Waals surface area contributed by atoms with Crippen LogP contribution in [0.3, 0.4) is 0 Å². The monoisotopic (exact) mass is 285 g/mol. The van der Waals surface area contributed by atoms with Crippen LogP contribution in [0.15, 0.2) is 24.3 Å². The van der Waals surface area contributed by atoms with Crippen LogP contribution >= 0.6 is 11.6 Å². The minimum Gasteiger partial charge on any atom is -0.493 e. The molecule has 106 valence electrons. The molecule has 3 N–H and O–H groups in total. The van der Waals surface area contributed by atoms with Gasteiger partial charge in [-0.05, 0) is 43.0 Å². The van der Waals surface area contributed by atoms with Crippen LogP contribution in [0, 0.1) is 11.8 Å². The number of ether oxygens (including phenoxy) is 1. The first-order chi connectivity index (χ1) is 9.01. The van der Waals surface area contributed by atoms with Crippen LogP contribution in [0.25, 0.3) is 0 Å². The molecule has 1 rings (SSSR count). The summed E-state index contributed by atoms with van der Waals surface area (Å²) in [7, 11) is 0. The van der Waals surface area contributed by atoms with E-state index in [4.69, 9.17) is 27.2 Å². The third-order valence-corrected chi connectivity index (χ3v) is 3.10. The molecule has 0 saturated heterocycles. The van der Waals surface area contributed by atoms with Crippen molar-refractivity contribution in [2.45, 2.75) is 19.8 Å². The van der Waals surface area contributed by atoms with E-state index in [9.17, 15) is 4.79 Å². The molecule has 1 aromatic rings. The van der Waals surface area contributed by atoms with E-state index in [-0.39, 0.29) is 18.3 Å². The summed E-state index contributed by atoms with van der Waals surface area (Å²) in [5.74, 6) is 0.155.